The number of halogens is 2. The standard InChI is InChI=1S/C15H13F2NO2/c1-9(2)20-10-3-4-12(16)11(7-10)14-6-5-13(17)15(8-19)18-14/h3-9H,1-2H3. The average molecular weight is 277 g/mol. The number of aromatic nitrogens is 1. The van der Waals surface area contributed by atoms with Crippen molar-refractivity contribution in [2.24, 2.45) is 0 Å². The lowest BCUT2D eigenvalue weighted by atomic mass is 10.1. The average Bonchev–Trinajstić information content (AvgIpc) is 2.41. The molecular weight excluding hydrogens is 264 g/mol. The molecule has 0 amide bonds. The molecule has 3 nitrogen and oxygen atoms in total. The predicted octanol–water partition coefficient (Wildman–Crippen LogP) is 3.63. The summed E-state index contributed by atoms with van der Waals surface area (Å²) in [4.78, 5) is 14.5. The first kappa shape index (κ1) is 14.1. The summed E-state index contributed by atoms with van der Waals surface area (Å²) < 4.78 is 32.6. The van der Waals surface area contributed by atoms with E-state index in [4.69, 9.17) is 4.74 Å². The van der Waals surface area contributed by atoms with Crippen LogP contribution in [0.3, 0.4) is 0 Å². The molecule has 0 aliphatic rings. The van der Waals surface area contributed by atoms with Gasteiger partial charge in [0, 0.05) is 5.56 Å². The molecule has 5 heteroatoms. The van der Waals surface area contributed by atoms with Crippen LogP contribution in [-0.4, -0.2) is 17.4 Å². The van der Waals surface area contributed by atoms with Gasteiger partial charge in [-0.05, 0) is 44.2 Å². The third kappa shape index (κ3) is 2.99. The van der Waals surface area contributed by atoms with E-state index in [1.165, 1.54) is 24.3 Å². The summed E-state index contributed by atoms with van der Waals surface area (Å²) in [5, 5.41) is 0. The maximum Gasteiger partial charge on any atom is 0.171 e. The van der Waals surface area contributed by atoms with E-state index in [0.717, 1.165) is 6.07 Å². The maximum absolute atomic E-state index is 13.9. The van der Waals surface area contributed by atoms with Crippen LogP contribution in [0.5, 0.6) is 5.75 Å². The highest BCUT2D eigenvalue weighted by molar-refractivity contribution is 5.74. The van der Waals surface area contributed by atoms with Crippen molar-refractivity contribution in [3.63, 3.8) is 0 Å². The van der Waals surface area contributed by atoms with Crippen LogP contribution in [0.4, 0.5) is 8.78 Å². The Labute approximate surface area is 115 Å². The summed E-state index contributed by atoms with van der Waals surface area (Å²) in [7, 11) is 0. The molecule has 0 N–H and O–H groups in total. The molecule has 0 bridgehead atoms. The van der Waals surface area contributed by atoms with Crippen LogP contribution in [0.1, 0.15) is 24.3 Å². The fraction of sp³-hybridized carbons (Fsp3) is 0.200. The van der Waals surface area contributed by atoms with Gasteiger partial charge in [0.25, 0.3) is 0 Å². The number of carbonyl (C=O) groups is 1. The van der Waals surface area contributed by atoms with Gasteiger partial charge in [-0.2, -0.15) is 0 Å². The molecule has 1 heterocycles. The van der Waals surface area contributed by atoms with Gasteiger partial charge >= 0.3 is 0 Å². The Bertz CT molecular complexity index is 642. The van der Waals surface area contributed by atoms with Gasteiger partial charge in [-0.25, -0.2) is 13.8 Å². The molecule has 0 spiro atoms. The van der Waals surface area contributed by atoms with Gasteiger partial charge in [-0.15, -0.1) is 0 Å². The van der Waals surface area contributed by atoms with Crippen LogP contribution in [-0.2, 0) is 0 Å². The molecule has 0 unspecified atom stereocenters. The molecule has 0 radical (unpaired) electrons. The number of carbonyl (C=O) groups excluding carboxylic acids is 1. The Morgan fingerprint density at radius 2 is 1.85 bits per heavy atom. The Hall–Kier alpha value is -2.30. The number of benzene rings is 1. The minimum Gasteiger partial charge on any atom is -0.491 e. The first-order chi connectivity index (χ1) is 9.51. The van der Waals surface area contributed by atoms with Gasteiger partial charge in [0.05, 0.1) is 11.8 Å². The zero-order chi connectivity index (χ0) is 14.7. The number of hydrogen-bond donors (Lipinski definition) is 0. The summed E-state index contributed by atoms with van der Waals surface area (Å²) in [6.45, 7) is 3.70. The number of pyridine rings is 1. The van der Waals surface area contributed by atoms with E-state index in [2.05, 4.69) is 4.98 Å². The summed E-state index contributed by atoms with van der Waals surface area (Å²) in [5.41, 5.74) is -0.0106. The molecule has 1 aromatic carbocycles. The van der Waals surface area contributed by atoms with E-state index in [1.807, 2.05) is 13.8 Å². The molecule has 0 saturated carbocycles. The van der Waals surface area contributed by atoms with Crippen molar-refractivity contribution < 1.29 is 18.3 Å². The van der Waals surface area contributed by atoms with Gasteiger partial charge in [-0.1, -0.05) is 0 Å². The zero-order valence-corrected chi connectivity index (χ0v) is 11.1. The molecule has 2 aromatic rings. The highest BCUT2D eigenvalue weighted by atomic mass is 19.1. The summed E-state index contributed by atoms with van der Waals surface area (Å²) >= 11 is 0. The topological polar surface area (TPSA) is 39.2 Å². The molecular formula is C15H13F2NO2. The minimum atomic E-state index is -0.737. The predicted molar refractivity (Wildman–Crippen MR) is 70.7 cm³/mol. The van der Waals surface area contributed by atoms with Crippen LogP contribution in [0.15, 0.2) is 30.3 Å². The normalized spacial score (nSPS) is 10.7. The molecule has 0 saturated heterocycles. The highest BCUT2D eigenvalue weighted by Gasteiger charge is 2.12. The van der Waals surface area contributed by atoms with Crippen LogP contribution in [0.25, 0.3) is 11.3 Å². The number of rotatable bonds is 4. The van der Waals surface area contributed by atoms with Crippen LogP contribution < -0.4 is 4.74 Å². The third-order valence-corrected chi connectivity index (χ3v) is 2.57. The van der Waals surface area contributed by atoms with Crippen molar-refractivity contribution in [1.29, 1.82) is 0 Å². The molecule has 20 heavy (non-hydrogen) atoms. The lowest BCUT2D eigenvalue weighted by molar-refractivity contribution is 0.111. The van der Waals surface area contributed by atoms with Crippen molar-refractivity contribution in [2.75, 3.05) is 0 Å². The second-order valence-corrected chi connectivity index (χ2v) is 4.49. The van der Waals surface area contributed by atoms with Crippen LogP contribution >= 0.6 is 0 Å². The highest BCUT2D eigenvalue weighted by Crippen LogP contribution is 2.26. The Morgan fingerprint density at radius 1 is 1.15 bits per heavy atom. The molecule has 1 aromatic heterocycles. The Morgan fingerprint density at radius 3 is 2.50 bits per heavy atom. The van der Waals surface area contributed by atoms with Gasteiger partial charge < -0.3 is 4.74 Å². The zero-order valence-electron chi connectivity index (χ0n) is 11.1. The molecule has 104 valence electrons. The van der Waals surface area contributed by atoms with Crippen LogP contribution in [0, 0.1) is 11.6 Å². The smallest absolute Gasteiger partial charge is 0.171 e. The van der Waals surface area contributed by atoms with E-state index in [1.54, 1.807) is 0 Å². The Kier molecular flexibility index (Phi) is 4.08. The third-order valence-electron chi connectivity index (χ3n) is 2.57. The maximum atomic E-state index is 13.9. The van der Waals surface area contributed by atoms with Crippen molar-refractivity contribution in [2.45, 2.75) is 20.0 Å². The van der Waals surface area contributed by atoms with Crippen LogP contribution in [0.2, 0.25) is 0 Å². The number of hydrogen-bond acceptors (Lipinski definition) is 3. The van der Waals surface area contributed by atoms with E-state index in [-0.39, 0.29) is 23.1 Å². The molecule has 0 aliphatic heterocycles. The fourth-order valence-electron chi connectivity index (χ4n) is 1.74. The second kappa shape index (κ2) is 5.77. The summed E-state index contributed by atoms with van der Waals surface area (Å²) in [6.07, 6.45) is 0.241. The van der Waals surface area contributed by atoms with Gasteiger partial charge in [-0.3, -0.25) is 4.79 Å². The van der Waals surface area contributed by atoms with Crippen molar-refractivity contribution in [3.8, 4) is 17.0 Å². The number of nitrogens with zero attached hydrogens (tertiary/aromatic N) is 1. The van der Waals surface area contributed by atoms with Crippen molar-refractivity contribution >= 4 is 6.29 Å². The SMILES string of the molecule is CC(C)Oc1ccc(F)c(-c2ccc(F)c(C=O)n2)c1. The van der Waals surface area contributed by atoms with Crippen molar-refractivity contribution in [3.05, 3.63) is 47.7 Å². The molecule has 2 rings (SSSR count). The van der Waals surface area contributed by atoms with E-state index < -0.39 is 11.6 Å². The first-order valence-corrected chi connectivity index (χ1v) is 6.09. The van der Waals surface area contributed by atoms with Gasteiger partial charge in [0.15, 0.2) is 12.1 Å². The van der Waals surface area contributed by atoms with Gasteiger partial charge in [0.1, 0.15) is 17.3 Å². The van der Waals surface area contributed by atoms with Crippen molar-refractivity contribution in [1.82, 2.24) is 4.98 Å². The monoisotopic (exact) mass is 277 g/mol. The molecule has 0 fully saturated rings. The first-order valence-electron chi connectivity index (χ1n) is 6.09. The largest absolute Gasteiger partial charge is 0.491 e. The minimum absolute atomic E-state index is 0.0555. The Balaban J connectivity index is 2.48. The molecule has 0 aliphatic carbocycles. The lowest BCUT2D eigenvalue weighted by Crippen LogP contribution is -2.06. The van der Waals surface area contributed by atoms with E-state index in [9.17, 15) is 13.6 Å². The second-order valence-electron chi connectivity index (χ2n) is 4.49. The fourth-order valence-corrected chi connectivity index (χ4v) is 1.74. The number of ether oxygens (including phenoxy) is 1. The summed E-state index contributed by atoms with van der Waals surface area (Å²) in [5.74, 6) is -0.772. The quantitative estimate of drug-likeness (QED) is 0.801. The van der Waals surface area contributed by atoms with E-state index >= 15 is 0 Å². The number of aldehydes is 1. The lowest BCUT2D eigenvalue weighted by Gasteiger charge is -2.11. The molecule has 0 atom stereocenters. The van der Waals surface area contributed by atoms with Gasteiger partial charge in [0.2, 0.25) is 0 Å². The van der Waals surface area contributed by atoms with E-state index in [0.29, 0.717) is 12.0 Å². The summed E-state index contributed by atoms with van der Waals surface area (Å²) in [6, 6.07) is 6.63.